The first-order valence-corrected chi connectivity index (χ1v) is 6.98. The van der Waals surface area contributed by atoms with E-state index in [0.717, 1.165) is 19.0 Å². The van der Waals surface area contributed by atoms with Crippen molar-refractivity contribution in [3.05, 3.63) is 11.1 Å². The van der Waals surface area contributed by atoms with Crippen LogP contribution in [0.1, 0.15) is 20.8 Å². The Bertz CT molecular complexity index is 269. The van der Waals surface area contributed by atoms with E-state index in [-0.39, 0.29) is 0 Å². The number of nitrogens with one attached hydrogen (secondary N) is 1. The fourth-order valence-electron chi connectivity index (χ4n) is 2.65. The second-order valence-corrected chi connectivity index (χ2v) is 5.96. The second-order valence-electron chi connectivity index (χ2n) is 5.96. The van der Waals surface area contributed by atoms with Gasteiger partial charge in [0.2, 0.25) is 0 Å². The first kappa shape index (κ1) is 13.1. The molecule has 0 spiro atoms. The van der Waals surface area contributed by atoms with Crippen molar-refractivity contribution in [3.8, 4) is 0 Å². The molecule has 0 aliphatic carbocycles. The number of rotatable bonds is 4. The van der Waals surface area contributed by atoms with Crippen LogP contribution in [0.25, 0.3) is 0 Å². The second kappa shape index (κ2) is 5.98. The fourth-order valence-corrected chi connectivity index (χ4v) is 2.65. The van der Waals surface area contributed by atoms with Crippen LogP contribution in [0.5, 0.6) is 0 Å². The number of piperazine rings is 1. The fraction of sp³-hybridized carbons (Fsp3) is 0.857. The average molecular weight is 237 g/mol. The molecule has 98 valence electrons. The van der Waals surface area contributed by atoms with Gasteiger partial charge in [0, 0.05) is 52.4 Å². The summed E-state index contributed by atoms with van der Waals surface area (Å²) in [5.74, 6) is 0.798. The van der Waals surface area contributed by atoms with E-state index in [1.807, 2.05) is 0 Å². The molecule has 0 bridgehead atoms. The summed E-state index contributed by atoms with van der Waals surface area (Å²) in [6.45, 7) is 16.6. The van der Waals surface area contributed by atoms with Crippen molar-refractivity contribution < 1.29 is 0 Å². The van der Waals surface area contributed by atoms with Crippen molar-refractivity contribution in [1.82, 2.24) is 15.1 Å². The Hall–Kier alpha value is -0.380. The molecule has 2 fully saturated rings. The van der Waals surface area contributed by atoms with Gasteiger partial charge in [-0.25, -0.2) is 0 Å². The van der Waals surface area contributed by atoms with Crippen LogP contribution < -0.4 is 5.32 Å². The zero-order valence-electron chi connectivity index (χ0n) is 11.6. The summed E-state index contributed by atoms with van der Waals surface area (Å²) >= 11 is 0. The minimum absolute atomic E-state index is 0.798. The molecule has 3 nitrogen and oxygen atoms in total. The van der Waals surface area contributed by atoms with Crippen molar-refractivity contribution in [2.75, 3.05) is 52.4 Å². The van der Waals surface area contributed by atoms with Crippen LogP contribution in [-0.4, -0.2) is 62.2 Å². The Kier molecular flexibility index (Phi) is 4.60. The molecule has 2 aliphatic rings. The Labute approximate surface area is 106 Å². The molecule has 0 aromatic rings. The van der Waals surface area contributed by atoms with E-state index in [2.05, 4.69) is 35.9 Å². The van der Waals surface area contributed by atoms with Crippen LogP contribution >= 0.6 is 0 Å². The Morgan fingerprint density at radius 2 is 1.71 bits per heavy atom. The maximum absolute atomic E-state index is 3.32. The van der Waals surface area contributed by atoms with E-state index < -0.39 is 0 Å². The molecule has 2 heterocycles. The summed E-state index contributed by atoms with van der Waals surface area (Å²) in [6.07, 6.45) is 0. The van der Waals surface area contributed by atoms with Gasteiger partial charge in [0.15, 0.2) is 0 Å². The van der Waals surface area contributed by atoms with E-state index in [1.54, 1.807) is 11.1 Å². The van der Waals surface area contributed by atoms with E-state index >= 15 is 0 Å². The lowest BCUT2D eigenvalue weighted by molar-refractivity contribution is 0.129. The molecule has 2 saturated heterocycles. The molecule has 0 radical (unpaired) electrons. The Morgan fingerprint density at radius 3 is 2.18 bits per heavy atom. The summed E-state index contributed by atoms with van der Waals surface area (Å²) in [6, 6.07) is 0. The van der Waals surface area contributed by atoms with Crippen molar-refractivity contribution in [3.63, 3.8) is 0 Å². The molecule has 0 saturated carbocycles. The van der Waals surface area contributed by atoms with Crippen molar-refractivity contribution >= 4 is 0 Å². The van der Waals surface area contributed by atoms with Gasteiger partial charge in [0.05, 0.1) is 0 Å². The lowest BCUT2D eigenvalue weighted by atomic mass is 10.0. The first-order valence-electron chi connectivity index (χ1n) is 6.98. The molecular weight excluding hydrogens is 210 g/mol. The topological polar surface area (TPSA) is 18.5 Å². The van der Waals surface area contributed by atoms with Crippen molar-refractivity contribution in [2.45, 2.75) is 20.8 Å². The van der Waals surface area contributed by atoms with Gasteiger partial charge >= 0.3 is 0 Å². The highest BCUT2D eigenvalue weighted by Gasteiger charge is 2.19. The third-order valence-corrected chi connectivity index (χ3v) is 3.83. The SMILES string of the molecule is CC(CN1CCN(CC(C)C)CC1)=C1CNC1. The third-order valence-electron chi connectivity index (χ3n) is 3.83. The van der Waals surface area contributed by atoms with Gasteiger partial charge in [-0.2, -0.15) is 0 Å². The van der Waals surface area contributed by atoms with E-state index in [0.29, 0.717) is 0 Å². The molecule has 0 aromatic carbocycles. The highest BCUT2D eigenvalue weighted by Crippen LogP contribution is 2.12. The normalized spacial score (nSPS) is 22.9. The molecule has 0 aromatic heterocycles. The molecule has 0 amide bonds. The minimum Gasteiger partial charge on any atom is -0.309 e. The quantitative estimate of drug-likeness (QED) is 0.741. The summed E-state index contributed by atoms with van der Waals surface area (Å²) in [7, 11) is 0. The molecule has 3 heteroatoms. The molecule has 1 N–H and O–H groups in total. The number of hydrogen-bond donors (Lipinski definition) is 1. The van der Waals surface area contributed by atoms with Crippen LogP contribution in [-0.2, 0) is 0 Å². The van der Waals surface area contributed by atoms with Gasteiger partial charge in [-0.3, -0.25) is 4.90 Å². The van der Waals surface area contributed by atoms with Gasteiger partial charge in [-0.05, 0) is 18.4 Å². The van der Waals surface area contributed by atoms with Gasteiger partial charge < -0.3 is 10.2 Å². The maximum atomic E-state index is 3.32. The standard InChI is InChI=1S/C14H27N3/c1-12(2)10-16-4-6-17(7-5-16)11-13(3)14-8-15-9-14/h12,15H,4-11H2,1-3H3. The van der Waals surface area contributed by atoms with Gasteiger partial charge in [0.1, 0.15) is 0 Å². The van der Waals surface area contributed by atoms with Gasteiger partial charge in [-0.1, -0.05) is 19.4 Å². The highest BCUT2D eigenvalue weighted by molar-refractivity contribution is 5.22. The molecule has 2 aliphatic heterocycles. The summed E-state index contributed by atoms with van der Waals surface area (Å²) in [5, 5.41) is 3.32. The predicted octanol–water partition coefficient (Wildman–Crippen LogP) is 1.18. The minimum atomic E-state index is 0.798. The summed E-state index contributed by atoms with van der Waals surface area (Å²) < 4.78 is 0. The monoisotopic (exact) mass is 237 g/mol. The number of nitrogens with zero attached hydrogens (tertiary/aromatic N) is 2. The zero-order chi connectivity index (χ0) is 12.3. The molecular formula is C14H27N3. The summed E-state index contributed by atoms with van der Waals surface area (Å²) in [5.41, 5.74) is 3.23. The molecule has 0 unspecified atom stereocenters. The third kappa shape index (κ3) is 3.80. The van der Waals surface area contributed by atoms with Crippen LogP contribution in [0.3, 0.4) is 0 Å². The highest BCUT2D eigenvalue weighted by atomic mass is 15.3. The van der Waals surface area contributed by atoms with E-state index in [1.165, 1.54) is 39.3 Å². The first-order chi connectivity index (χ1) is 8.15. The zero-order valence-corrected chi connectivity index (χ0v) is 11.6. The lowest BCUT2D eigenvalue weighted by Crippen LogP contribution is -2.48. The average Bonchev–Trinajstić information content (AvgIpc) is 2.17. The predicted molar refractivity (Wildman–Crippen MR) is 73.3 cm³/mol. The lowest BCUT2D eigenvalue weighted by Gasteiger charge is -2.36. The van der Waals surface area contributed by atoms with Crippen LogP contribution in [0, 0.1) is 5.92 Å². The van der Waals surface area contributed by atoms with Crippen LogP contribution in [0.4, 0.5) is 0 Å². The molecule has 17 heavy (non-hydrogen) atoms. The van der Waals surface area contributed by atoms with Crippen molar-refractivity contribution in [1.29, 1.82) is 0 Å². The van der Waals surface area contributed by atoms with E-state index in [9.17, 15) is 0 Å². The number of hydrogen-bond acceptors (Lipinski definition) is 3. The van der Waals surface area contributed by atoms with E-state index in [4.69, 9.17) is 0 Å². The molecule has 0 atom stereocenters. The Balaban J connectivity index is 1.72. The smallest absolute Gasteiger partial charge is 0.0194 e. The maximum Gasteiger partial charge on any atom is 0.0194 e. The summed E-state index contributed by atoms with van der Waals surface area (Å²) in [4.78, 5) is 5.21. The largest absolute Gasteiger partial charge is 0.309 e. The molecule has 2 rings (SSSR count). The van der Waals surface area contributed by atoms with Crippen LogP contribution in [0.2, 0.25) is 0 Å². The van der Waals surface area contributed by atoms with Crippen LogP contribution in [0.15, 0.2) is 11.1 Å². The van der Waals surface area contributed by atoms with Gasteiger partial charge in [0.25, 0.3) is 0 Å². The van der Waals surface area contributed by atoms with Crippen molar-refractivity contribution in [2.24, 2.45) is 5.92 Å². The Morgan fingerprint density at radius 1 is 1.12 bits per heavy atom. The van der Waals surface area contributed by atoms with Gasteiger partial charge in [-0.15, -0.1) is 0 Å².